The van der Waals surface area contributed by atoms with Gasteiger partial charge in [0.1, 0.15) is 11.4 Å². The van der Waals surface area contributed by atoms with Crippen molar-refractivity contribution in [2.45, 2.75) is 39.2 Å². The number of nitro benzene ring substituents is 1. The normalized spacial score (nSPS) is 15.4. The van der Waals surface area contributed by atoms with Crippen molar-refractivity contribution in [3.63, 3.8) is 0 Å². The molecule has 1 aliphatic carbocycles. The van der Waals surface area contributed by atoms with Crippen molar-refractivity contribution in [1.82, 2.24) is 0 Å². The average Bonchev–Trinajstić information content (AvgIpc) is 3.29. The fourth-order valence-corrected chi connectivity index (χ4v) is 2.34. The number of carbonyl (C=O) groups is 3. The summed E-state index contributed by atoms with van der Waals surface area (Å²) in [6, 6.07) is 2.36. The molecule has 0 heterocycles. The Morgan fingerprint density at radius 3 is 2.36 bits per heavy atom. The van der Waals surface area contributed by atoms with Crippen LogP contribution in [-0.4, -0.2) is 28.1 Å². The molecule has 1 atom stereocenters. The molecule has 0 saturated heterocycles. The maximum atomic E-state index is 13.3. The summed E-state index contributed by atoms with van der Waals surface area (Å²) < 4.78 is 18.4. The quantitative estimate of drug-likeness (QED) is 0.257. The minimum atomic E-state index is -1.78. The van der Waals surface area contributed by atoms with Crippen LogP contribution in [0.15, 0.2) is 18.2 Å². The third kappa shape index (κ3) is 4.46. The smallest absolute Gasteiger partial charge is 0.325 e. The fourth-order valence-electron chi connectivity index (χ4n) is 2.34. The number of hydrogen-bond donors (Lipinski definition) is 0. The monoisotopic (exact) mass is 351 g/mol. The highest BCUT2D eigenvalue weighted by atomic mass is 19.1. The van der Waals surface area contributed by atoms with Gasteiger partial charge >= 0.3 is 5.97 Å². The van der Waals surface area contributed by atoms with Crippen LogP contribution in [0, 0.1) is 27.8 Å². The van der Waals surface area contributed by atoms with Crippen molar-refractivity contribution in [3.8, 4) is 0 Å². The summed E-state index contributed by atoms with van der Waals surface area (Å²) >= 11 is 0. The molecule has 0 aliphatic heterocycles. The third-order valence-electron chi connectivity index (χ3n) is 3.59. The van der Waals surface area contributed by atoms with Crippen molar-refractivity contribution in [3.05, 3.63) is 39.7 Å². The van der Waals surface area contributed by atoms with Crippen LogP contribution in [0.3, 0.4) is 0 Å². The number of ether oxygens (including phenoxy) is 1. The van der Waals surface area contributed by atoms with Crippen molar-refractivity contribution in [1.29, 1.82) is 0 Å². The molecule has 1 fully saturated rings. The van der Waals surface area contributed by atoms with Crippen LogP contribution in [0.2, 0.25) is 0 Å². The zero-order valence-corrected chi connectivity index (χ0v) is 14.1. The first-order chi connectivity index (χ1) is 11.5. The van der Waals surface area contributed by atoms with Gasteiger partial charge in [0.25, 0.3) is 5.69 Å². The molecule has 0 radical (unpaired) electrons. The van der Waals surface area contributed by atoms with Gasteiger partial charge in [0.15, 0.2) is 17.5 Å². The summed E-state index contributed by atoms with van der Waals surface area (Å²) in [5.41, 5.74) is -2.22. The van der Waals surface area contributed by atoms with Crippen molar-refractivity contribution < 1.29 is 28.4 Å². The standard InChI is InChI=1S/C17H18FNO6/c1-17(2,3)25-16(22)13(14(20)9-4-5-9)15(21)11-7-6-10(18)8-12(11)19(23)24/h6-9,13H,4-5H2,1-3H3. The van der Waals surface area contributed by atoms with Gasteiger partial charge < -0.3 is 4.74 Å². The van der Waals surface area contributed by atoms with Crippen LogP contribution >= 0.6 is 0 Å². The zero-order valence-electron chi connectivity index (χ0n) is 14.1. The molecule has 0 N–H and O–H groups in total. The van der Waals surface area contributed by atoms with Crippen LogP contribution < -0.4 is 0 Å². The number of carbonyl (C=O) groups excluding carboxylic acids is 3. The minimum absolute atomic E-state index is 0.430. The van der Waals surface area contributed by atoms with Crippen LogP contribution in [0.1, 0.15) is 44.0 Å². The van der Waals surface area contributed by atoms with E-state index in [1.54, 1.807) is 20.8 Å². The van der Waals surface area contributed by atoms with Crippen LogP contribution in [0.25, 0.3) is 0 Å². The maximum absolute atomic E-state index is 13.3. The van der Waals surface area contributed by atoms with Gasteiger partial charge in [0, 0.05) is 5.92 Å². The second-order valence-electron chi connectivity index (χ2n) is 6.93. The highest BCUT2D eigenvalue weighted by Crippen LogP contribution is 2.35. The molecule has 0 amide bonds. The Kier molecular flexibility index (Phi) is 5.01. The molecule has 0 bridgehead atoms. The molecule has 1 aliphatic rings. The van der Waals surface area contributed by atoms with Gasteiger partial charge in [-0.1, -0.05) is 0 Å². The Bertz CT molecular complexity index is 748. The van der Waals surface area contributed by atoms with E-state index in [9.17, 15) is 28.9 Å². The Morgan fingerprint density at radius 2 is 1.88 bits per heavy atom. The lowest BCUT2D eigenvalue weighted by Gasteiger charge is -2.23. The molecule has 7 nitrogen and oxygen atoms in total. The van der Waals surface area contributed by atoms with Crippen molar-refractivity contribution >= 4 is 23.2 Å². The largest absolute Gasteiger partial charge is 0.459 e. The van der Waals surface area contributed by atoms with Gasteiger partial charge in [-0.15, -0.1) is 0 Å². The first kappa shape index (κ1) is 18.7. The van der Waals surface area contributed by atoms with Gasteiger partial charge in [-0.2, -0.15) is 0 Å². The number of halogens is 1. The van der Waals surface area contributed by atoms with Crippen LogP contribution in [0.5, 0.6) is 0 Å². The molecule has 0 aromatic heterocycles. The summed E-state index contributed by atoms with van der Waals surface area (Å²) in [5.74, 6) is -5.81. The molecule has 1 aromatic rings. The Hall–Kier alpha value is -2.64. The lowest BCUT2D eigenvalue weighted by atomic mass is 9.90. The van der Waals surface area contributed by atoms with Crippen LogP contribution in [0.4, 0.5) is 10.1 Å². The highest BCUT2D eigenvalue weighted by molar-refractivity contribution is 6.24. The number of Topliss-reactive ketones (excluding diaryl/α,β-unsaturated/α-hetero) is 2. The van der Waals surface area contributed by atoms with Gasteiger partial charge in [-0.3, -0.25) is 24.5 Å². The van der Waals surface area contributed by atoms with E-state index in [1.165, 1.54) is 0 Å². The van der Waals surface area contributed by atoms with E-state index in [-0.39, 0.29) is 0 Å². The topological polar surface area (TPSA) is 104 Å². The number of rotatable bonds is 6. The lowest BCUT2D eigenvalue weighted by Crippen LogP contribution is -2.38. The first-order valence-corrected chi connectivity index (χ1v) is 7.76. The number of benzene rings is 1. The highest BCUT2D eigenvalue weighted by Gasteiger charge is 2.45. The molecule has 1 aromatic carbocycles. The summed E-state index contributed by atoms with van der Waals surface area (Å²) in [6.07, 6.45) is 1.11. The molecule has 8 heteroatoms. The second-order valence-corrected chi connectivity index (χ2v) is 6.93. The number of ketones is 2. The molecular formula is C17H18FNO6. The average molecular weight is 351 g/mol. The number of esters is 1. The third-order valence-corrected chi connectivity index (χ3v) is 3.59. The summed E-state index contributed by atoms with van der Waals surface area (Å²) in [4.78, 5) is 47.7. The second kappa shape index (κ2) is 6.70. The summed E-state index contributed by atoms with van der Waals surface area (Å²) in [5, 5.41) is 11.1. The van der Waals surface area contributed by atoms with Gasteiger partial charge in [0.2, 0.25) is 0 Å². The Balaban J connectivity index is 2.44. The predicted octanol–water partition coefficient (Wildman–Crippen LogP) is 2.85. The predicted molar refractivity (Wildman–Crippen MR) is 84.5 cm³/mol. The summed E-state index contributed by atoms with van der Waals surface area (Å²) in [7, 11) is 0. The minimum Gasteiger partial charge on any atom is -0.459 e. The zero-order chi connectivity index (χ0) is 18.9. The molecule has 1 unspecified atom stereocenters. The lowest BCUT2D eigenvalue weighted by molar-refractivity contribution is -0.385. The van der Waals surface area contributed by atoms with E-state index < -0.39 is 57.0 Å². The SMILES string of the molecule is CC(C)(C)OC(=O)C(C(=O)c1ccc(F)cc1[N+](=O)[O-])C(=O)C1CC1. The number of nitrogens with zero attached hydrogens (tertiary/aromatic N) is 1. The number of hydrogen-bond acceptors (Lipinski definition) is 6. The molecular weight excluding hydrogens is 333 g/mol. The number of nitro groups is 1. The molecule has 25 heavy (non-hydrogen) atoms. The van der Waals surface area contributed by atoms with Crippen molar-refractivity contribution in [2.24, 2.45) is 11.8 Å². The van der Waals surface area contributed by atoms with Gasteiger partial charge in [0.05, 0.1) is 16.6 Å². The molecule has 1 saturated carbocycles. The van der Waals surface area contributed by atoms with Gasteiger partial charge in [-0.05, 0) is 45.7 Å². The van der Waals surface area contributed by atoms with E-state index in [0.717, 1.165) is 12.1 Å². The Labute approximate surface area is 143 Å². The van der Waals surface area contributed by atoms with E-state index >= 15 is 0 Å². The van der Waals surface area contributed by atoms with E-state index in [1.807, 2.05) is 0 Å². The first-order valence-electron chi connectivity index (χ1n) is 7.76. The fraction of sp³-hybridized carbons (Fsp3) is 0.471. The molecule has 2 rings (SSSR count). The molecule has 0 spiro atoms. The van der Waals surface area contributed by atoms with E-state index in [4.69, 9.17) is 4.74 Å². The van der Waals surface area contributed by atoms with Crippen LogP contribution in [-0.2, 0) is 14.3 Å². The van der Waals surface area contributed by atoms with E-state index in [0.29, 0.717) is 18.9 Å². The molecule has 134 valence electrons. The maximum Gasteiger partial charge on any atom is 0.325 e. The summed E-state index contributed by atoms with van der Waals surface area (Å²) in [6.45, 7) is 4.73. The van der Waals surface area contributed by atoms with E-state index in [2.05, 4.69) is 0 Å². The van der Waals surface area contributed by atoms with Gasteiger partial charge in [-0.25, -0.2) is 4.39 Å². The van der Waals surface area contributed by atoms with Crippen molar-refractivity contribution in [2.75, 3.05) is 0 Å². The Morgan fingerprint density at radius 1 is 1.28 bits per heavy atom.